The zero-order valence-electron chi connectivity index (χ0n) is 30.5. The first-order valence-corrected chi connectivity index (χ1v) is 22.3. The molecule has 0 aliphatic rings. The number of unbranched alkanes of at least 4 members (excludes halogenated alkanes) is 13. The van der Waals surface area contributed by atoms with Crippen molar-refractivity contribution in [1.29, 1.82) is 0 Å². The van der Waals surface area contributed by atoms with E-state index in [1.54, 1.807) is 23.0 Å². The summed E-state index contributed by atoms with van der Waals surface area (Å²) in [6.07, 6.45) is 27.2. The highest BCUT2D eigenvalue weighted by Crippen LogP contribution is 2.51. The molecule has 0 rings (SSSR count). The van der Waals surface area contributed by atoms with Crippen molar-refractivity contribution in [2.75, 3.05) is 54.7 Å². The highest BCUT2D eigenvalue weighted by Gasteiger charge is 2.21. The first-order valence-electron chi connectivity index (χ1n) is 18.9. The van der Waals surface area contributed by atoms with Crippen LogP contribution < -0.4 is 0 Å². The van der Waals surface area contributed by atoms with Crippen molar-refractivity contribution in [3.05, 3.63) is 0 Å². The lowest BCUT2D eigenvalue weighted by atomic mass is 9.93. The van der Waals surface area contributed by atoms with E-state index in [1.165, 1.54) is 147 Å². The second-order valence-electron chi connectivity index (χ2n) is 13.4. The Bertz CT molecular complexity index is 445. The second-order valence-corrected chi connectivity index (χ2v) is 18.7. The van der Waals surface area contributed by atoms with Gasteiger partial charge in [0.2, 0.25) is 0 Å². The van der Waals surface area contributed by atoms with Crippen LogP contribution in [-0.4, -0.2) is 59.6 Å². The van der Waals surface area contributed by atoms with E-state index in [-0.39, 0.29) is 10.0 Å². The van der Waals surface area contributed by atoms with Crippen molar-refractivity contribution in [2.24, 2.45) is 11.8 Å². The topological polar surface area (TPSA) is 3.24 Å². The van der Waals surface area contributed by atoms with Gasteiger partial charge >= 0.3 is 0 Å². The van der Waals surface area contributed by atoms with Crippen LogP contribution in [0.25, 0.3) is 0 Å². The van der Waals surface area contributed by atoms with E-state index in [2.05, 4.69) is 79.1 Å². The van der Waals surface area contributed by atoms with E-state index in [0.29, 0.717) is 0 Å². The van der Waals surface area contributed by atoms with Crippen molar-refractivity contribution in [3.8, 4) is 0 Å². The number of nitrogens with zero attached hydrogens (tertiary/aromatic N) is 1. The molecule has 0 aliphatic carbocycles. The van der Waals surface area contributed by atoms with Gasteiger partial charge in [0.15, 0.2) is 0 Å². The van der Waals surface area contributed by atoms with E-state index in [1.807, 2.05) is 0 Å². The second kappa shape index (κ2) is 33.6. The summed E-state index contributed by atoms with van der Waals surface area (Å²) in [5, 5.41) is 0. The largest absolute Gasteiger partial charge is 0.305 e. The first-order chi connectivity index (χ1) is 19.9. The van der Waals surface area contributed by atoms with Crippen LogP contribution in [0.2, 0.25) is 0 Å². The highest BCUT2D eigenvalue weighted by molar-refractivity contribution is 8.33. The van der Waals surface area contributed by atoms with Gasteiger partial charge in [-0.1, -0.05) is 145 Å². The Kier molecular flexibility index (Phi) is 35.8. The van der Waals surface area contributed by atoms with Crippen LogP contribution >= 0.6 is 21.8 Å². The Morgan fingerprint density at radius 3 is 1.27 bits per heavy atom. The van der Waals surface area contributed by atoms with Gasteiger partial charge in [0.05, 0.1) is 0 Å². The summed E-state index contributed by atoms with van der Waals surface area (Å²) in [5.74, 6) is 10.6. The molecule has 2 atom stereocenters. The molecule has 0 spiro atoms. The normalized spacial score (nSPS) is 13.7. The minimum Gasteiger partial charge on any atom is -0.305 e. The molecular formula is C38H83NS2. The maximum Gasteiger partial charge on any atom is 0.00694 e. The average molecular weight is 618 g/mol. The number of hydrogen-bond acceptors (Lipinski definition) is 2. The maximum absolute atomic E-state index is 2.53. The lowest BCUT2D eigenvalue weighted by molar-refractivity contribution is 0.247. The standard InChI is InChI=1S/C22H47NS.C16H36S/c1-6-8-9-10-11-12-13-14-15-16-18-24-19-17-23(5)20-22(4)21(3)7-2;1-5-9-13-17(14-10-6-2,15-11-7-3)16-12-8-4/h21-22H,6-20H2,1-5H3;5-16H2,1-4H3. The fraction of sp³-hybridized carbons (Fsp3) is 1.00. The number of thioether (sulfide) groups is 1. The predicted molar refractivity (Wildman–Crippen MR) is 202 cm³/mol. The molecule has 0 amide bonds. The van der Waals surface area contributed by atoms with Gasteiger partial charge in [0.1, 0.15) is 0 Å². The molecule has 2 unspecified atom stereocenters. The molecule has 0 aromatic heterocycles. The molecule has 0 bridgehead atoms. The van der Waals surface area contributed by atoms with E-state index in [9.17, 15) is 0 Å². The van der Waals surface area contributed by atoms with Crippen molar-refractivity contribution in [3.63, 3.8) is 0 Å². The van der Waals surface area contributed by atoms with Gasteiger partial charge in [-0.25, -0.2) is 10.0 Å². The molecule has 0 fully saturated rings. The van der Waals surface area contributed by atoms with Crippen LogP contribution in [0.1, 0.15) is 177 Å². The molecule has 252 valence electrons. The summed E-state index contributed by atoms with van der Waals surface area (Å²) in [4.78, 5) is 2.53. The summed E-state index contributed by atoms with van der Waals surface area (Å²) >= 11 is 2.16. The Morgan fingerprint density at radius 1 is 0.488 bits per heavy atom. The van der Waals surface area contributed by atoms with Crippen molar-refractivity contribution < 1.29 is 0 Å². The molecule has 0 N–H and O–H groups in total. The fourth-order valence-corrected chi connectivity index (χ4v) is 11.5. The molecule has 0 aliphatic heterocycles. The molecule has 0 radical (unpaired) electrons. The molecule has 3 heteroatoms. The van der Waals surface area contributed by atoms with Crippen LogP contribution in [-0.2, 0) is 0 Å². The van der Waals surface area contributed by atoms with E-state index in [4.69, 9.17) is 0 Å². The molecule has 41 heavy (non-hydrogen) atoms. The van der Waals surface area contributed by atoms with Gasteiger partial charge < -0.3 is 4.90 Å². The number of hydrogen-bond donors (Lipinski definition) is 0. The van der Waals surface area contributed by atoms with Crippen LogP contribution in [0.5, 0.6) is 0 Å². The van der Waals surface area contributed by atoms with E-state index >= 15 is 0 Å². The van der Waals surface area contributed by atoms with Gasteiger partial charge in [0.25, 0.3) is 0 Å². The Balaban J connectivity index is 0. The van der Waals surface area contributed by atoms with E-state index in [0.717, 1.165) is 11.8 Å². The van der Waals surface area contributed by atoms with Gasteiger partial charge in [-0.3, -0.25) is 0 Å². The zero-order valence-corrected chi connectivity index (χ0v) is 32.1. The summed E-state index contributed by atoms with van der Waals surface area (Å²) in [6, 6.07) is 0. The Morgan fingerprint density at radius 2 is 0.878 bits per heavy atom. The number of rotatable bonds is 30. The summed E-state index contributed by atoms with van der Waals surface area (Å²) in [6.45, 7) is 21.3. The summed E-state index contributed by atoms with van der Waals surface area (Å²) in [7, 11) is 2.05. The van der Waals surface area contributed by atoms with Crippen molar-refractivity contribution in [2.45, 2.75) is 177 Å². The minimum absolute atomic E-state index is 0.245. The third kappa shape index (κ3) is 29.1. The molecule has 0 aromatic carbocycles. The van der Waals surface area contributed by atoms with Crippen LogP contribution in [0.15, 0.2) is 0 Å². The summed E-state index contributed by atoms with van der Waals surface area (Å²) < 4.78 is 0. The molecule has 0 saturated carbocycles. The smallest absolute Gasteiger partial charge is 0.00694 e. The fourth-order valence-electron chi connectivity index (χ4n) is 5.59. The summed E-state index contributed by atoms with van der Waals surface area (Å²) in [5.41, 5.74) is 0. The molecule has 0 heterocycles. The highest BCUT2D eigenvalue weighted by atomic mass is 32.3. The van der Waals surface area contributed by atoms with Gasteiger partial charge in [-0.15, -0.1) is 0 Å². The molecule has 0 saturated heterocycles. The average Bonchev–Trinajstić information content (AvgIpc) is 2.98. The van der Waals surface area contributed by atoms with Crippen molar-refractivity contribution >= 4 is 21.8 Å². The van der Waals surface area contributed by atoms with Crippen molar-refractivity contribution in [1.82, 2.24) is 4.90 Å². The third-order valence-corrected chi connectivity index (χ3v) is 14.9. The Hall–Kier alpha value is 0.660. The van der Waals surface area contributed by atoms with Gasteiger partial charge in [0, 0.05) is 18.8 Å². The lowest BCUT2D eigenvalue weighted by Gasteiger charge is -2.41. The minimum atomic E-state index is -0.245. The van der Waals surface area contributed by atoms with Gasteiger partial charge in [-0.2, -0.15) is 11.8 Å². The van der Waals surface area contributed by atoms with E-state index < -0.39 is 0 Å². The first kappa shape index (κ1) is 43.8. The quantitative estimate of drug-likeness (QED) is 0.0738. The van der Waals surface area contributed by atoms with Crippen LogP contribution in [0.4, 0.5) is 0 Å². The zero-order chi connectivity index (χ0) is 31.0. The van der Waals surface area contributed by atoms with Crippen LogP contribution in [0.3, 0.4) is 0 Å². The Labute approximate surface area is 269 Å². The monoisotopic (exact) mass is 618 g/mol. The maximum atomic E-state index is 2.53. The molecule has 1 nitrogen and oxygen atoms in total. The SMILES string of the molecule is CCCCCCCCCCCCSCCN(C)CC(C)C(C)CC.CCCCS(CCCC)(CCCC)CCCC. The molecule has 0 aromatic rings. The third-order valence-electron chi connectivity index (χ3n) is 9.20. The van der Waals surface area contributed by atoms with Gasteiger partial charge in [-0.05, 0) is 79.8 Å². The predicted octanol–water partition coefficient (Wildman–Crippen LogP) is 13.2. The van der Waals surface area contributed by atoms with Crippen LogP contribution in [0, 0.1) is 11.8 Å². The lowest BCUT2D eigenvalue weighted by Crippen LogP contribution is -2.29. The molecular weight excluding hydrogens is 535 g/mol.